The van der Waals surface area contributed by atoms with Crippen molar-refractivity contribution < 1.29 is 18.0 Å². The lowest BCUT2D eigenvalue weighted by atomic mass is 9.88. The first-order valence-electron chi connectivity index (χ1n) is 14.0. The van der Waals surface area contributed by atoms with E-state index < -0.39 is 22.0 Å². The summed E-state index contributed by atoms with van der Waals surface area (Å²) < 4.78 is 30.6. The number of sulfonamides is 1. The first-order chi connectivity index (χ1) is 20.0. The maximum Gasteiger partial charge on any atom is 0.241 e. The van der Waals surface area contributed by atoms with Gasteiger partial charge in [0.05, 0.1) is 4.90 Å². The van der Waals surface area contributed by atoms with E-state index in [1.54, 1.807) is 34.7 Å². The fourth-order valence-corrected chi connectivity index (χ4v) is 7.66. The van der Waals surface area contributed by atoms with Crippen molar-refractivity contribution in [1.29, 1.82) is 0 Å². The van der Waals surface area contributed by atoms with Gasteiger partial charge < -0.3 is 21.3 Å². The molecular formula is C29H39N7O4S2. The van der Waals surface area contributed by atoms with E-state index in [-0.39, 0.29) is 41.6 Å². The van der Waals surface area contributed by atoms with Crippen molar-refractivity contribution in [1.82, 2.24) is 14.6 Å². The van der Waals surface area contributed by atoms with E-state index in [4.69, 9.17) is 11.5 Å². The second-order valence-corrected chi connectivity index (χ2v) is 13.3. The molecule has 13 heteroatoms. The third-order valence-corrected chi connectivity index (χ3v) is 9.95. The van der Waals surface area contributed by atoms with E-state index in [1.165, 1.54) is 11.3 Å². The van der Waals surface area contributed by atoms with Gasteiger partial charge in [0.2, 0.25) is 15.9 Å². The fraction of sp³-hybridized carbons (Fsp3) is 0.448. The average molecular weight is 614 g/mol. The zero-order chi connectivity index (χ0) is 30.4. The number of piperidine rings is 1. The largest absolute Gasteiger partial charge is 0.377 e. The van der Waals surface area contributed by atoms with Gasteiger partial charge in [-0.2, -0.15) is 4.72 Å². The second-order valence-electron chi connectivity index (χ2n) is 10.7. The molecule has 0 radical (unpaired) electrons. The zero-order valence-corrected chi connectivity index (χ0v) is 25.8. The van der Waals surface area contributed by atoms with Gasteiger partial charge in [-0.1, -0.05) is 31.2 Å². The maximum atomic E-state index is 14.1. The number of Topliss-reactive ketones (excluding diaryl/α,β-unsaturated/α-hetero) is 1. The molecule has 1 aliphatic rings. The fourth-order valence-electron chi connectivity index (χ4n) is 5.54. The standard InChI is InChI=1S/C29H39N7O4S2/c1-19(26(37)27-32-16-18-41-27)23-12-4-5-17-36(23)28(38)22(11-8-15-33-29(30)31)34-42(39,40)25-14-7-9-20-21(25)10-6-13-24(20)35(2)3/h6-7,9-10,13-14,16,18-19,22-23,34H,4-5,8,11-12,15,17H2,1-3H3,(H4,30,31,33). The lowest BCUT2D eigenvalue weighted by Gasteiger charge is -2.40. The highest BCUT2D eigenvalue weighted by molar-refractivity contribution is 7.89. The molecule has 0 bridgehead atoms. The molecule has 3 unspecified atom stereocenters. The predicted octanol–water partition coefficient (Wildman–Crippen LogP) is 2.96. The molecule has 0 saturated carbocycles. The van der Waals surface area contributed by atoms with Crippen molar-refractivity contribution in [3.63, 3.8) is 0 Å². The highest BCUT2D eigenvalue weighted by Gasteiger charge is 2.39. The van der Waals surface area contributed by atoms with Gasteiger partial charge in [-0.25, -0.2) is 13.4 Å². The van der Waals surface area contributed by atoms with Crippen molar-refractivity contribution in [3.8, 4) is 0 Å². The number of rotatable bonds is 12. The molecule has 226 valence electrons. The number of likely N-dealkylation sites (tertiary alicyclic amines) is 1. The number of benzene rings is 2. The Bertz CT molecular complexity index is 1540. The number of ketones is 1. The SMILES string of the molecule is CC(C(=O)c1nccs1)C1CCCCN1C(=O)C(CCCN=C(N)N)NS(=O)(=O)c1cccc2c(N(C)C)cccc12. The summed E-state index contributed by atoms with van der Waals surface area (Å²) in [4.78, 5) is 39.2. The quantitative estimate of drug-likeness (QED) is 0.121. The molecule has 1 amide bonds. The molecule has 42 heavy (non-hydrogen) atoms. The molecule has 2 aromatic carbocycles. The summed E-state index contributed by atoms with van der Waals surface area (Å²) in [6.45, 7) is 2.50. The number of hydrogen-bond donors (Lipinski definition) is 3. The monoisotopic (exact) mass is 613 g/mol. The number of hydrogen-bond acceptors (Lipinski definition) is 8. The predicted molar refractivity (Wildman–Crippen MR) is 167 cm³/mol. The Morgan fingerprint density at radius 2 is 1.90 bits per heavy atom. The van der Waals surface area contributed by atoms with Gasteiger partial charge in [0.1, 0.15) is 6.04 Å². The van der Waals surface area contributed by atoms with Gasteiger partial charge >= 0.3 is 0 Å². The maximum absolute atomic E-state index is 14.1. The topological polar surface area (TPSA) is 164 Å². The van der Waals surface area contributed by atoms with Crippen LogP contribution in [-0.4, -0.2) is 75.2 Å². The summed E-state index contributed by atoms with van der Waals surface area (Å²) in [5, 5.41) is 3.50. The number of aliphatic imine (C=N–C) groups is 1. The van der Waals surface area contributed by atoms with Crippen LogP contribution in [0, 0.1) is 5.92 Å². The molecule has 1 saturated heterocycles. The van der Waals surface area contributed by atoms with E-state index in [0.29, 0.717) is 29.8 Å². The molecule has 1 fully saturated rings. The van der Waals surface area contributed by atoms with E-state index >= 15 is 0 Å². The number of thiazole rings is 1. The summed E-state index contributed by atoms with van der Waals surface area (Å²) in [6, 6.07) is 9.18. The average Bonchev–Trinajstić information content (AvgIpc) is 3.52. The van der Waals surface area contributed by atoms with Crippen molar-refractivity contribution in [2.75, 3.05) is 32.1 Å². The lowest BCUT2D eigenvalue weighted by molar-refractivity contribution is -0.137. The minimum absolute atomic E-state index is 0.0727. The Hall–Kier alpha value is -3.55. The lowest BCUT2D eigenvalue weighted by Crippen LogP contribution is -2.55. The number of fused-ring (bicyclic) bond motifs is 1. The molecule has 1 aliphatic heterocycles. The number of nitrogens with zero attached hydrogens (tertiary/aromatic N) is 4. The molecule has 4 rings (SSSR count). The van der Waals surface area contributed by atoms with Crippen molar-refractivity contribution in [3.05, 3.63) is 53.0 Å². The first-order valence-corrected chi connectivity index (χ1v) is 16.4. The van der Waals surface area contributed by atoms with Crippen LogP contribution >= 0.6 is 11.3 Å². The van der Waals surface area contributed by atoms with Crippen LogP contribution in [0.25, 0.3) is 10.8 Å². The molecule has 11 nitrogen and oxygen atoms in total. The molecule has 3 aromatic rings. The number of nitrogens with one attached hydrogen (secondary N) is 1. The van der Waals surface area contributed by atoms with Gasteiger partial charge in [-0.05, 0) is 44.2 Å². The Morgan fingerprint density at radius 3 is 2.60 bits per heavy atom. The normalized spacial score (nSPS) is 17.0. The van der Waals surface area contributed by atoms with Crippen LogP contribution in [-0.2, 0) is 14.8 Å². The van der Waals surface area contributed by atoms with Crippen LogP contribution in [0.4, 0.5) is 5.69 Å². The molecule has 3 atom stereocenters. The highest BCUT2D eigenvalue weighted by atomic mass is 32.2. The minimum atomic E-state index is -4.13. The second kappa shape index (κ2) is 13.6. The van der Waals surface area contributed by atoms with Crippen molar-refractivity contribution in [2.45, 2.75) is 56.0 Å². The Morgan fingerprint density at radius 1 is 1.17 bits per heavy atom. The van der Waals surface area contributed by atoms with Crippen LogP contribution in [0.1, 0.15) is 48.8 Å². The van der Waals surface area contributed by atoms with E-state index in [1.807, 2.05) is 44.1 Å². The van der Waals surface area contributed by atoms with Crippen LogP contribution in [0.2, 0.25) is 0 Å². The number of aromatic nitrogens is 1. The number of guanidine groups is 1. The molecule has 0 spiro atoms. The van der Waals surface area contributed by atoms with Gasteiger partial charge in [-0.15, -0.1) is 11.3 Å². The van der Waals surface area contributed by atoms with Crippen LogP contribution in [0.15, 0.2) is 57.9 Å². The van der Waals surface area contributed by atoms with E-state index in [0.717, 1.165) is 23.9 Å². The minimum Gasteiger partial charge on any atom is -0.377 e. The summed E-state index contributed by atoms with van der Waals surface area (Å²) in [5.74, 6) is -1.04. The number of anilines is 1. The molecule has 1 aromatic heterocycles. The van der Waals surface area contributed by atoms with Gasteiger partial charge in [0.15, 0.2) is 16.8 Å². The van der Waals surface area contributed by atoms with Crippen LogP contribution < -0.4 is 21.1 Å². The van der Waals surface area contributed by atoms with Gasteiger partial charge in [0.25, 0.3) is 0 Å². The van der Waals surface area contributed by atoms with Gasteiger partial charge in [0, 0.05) is 67.2 Å². The summed E-state index contributed by atoms with van der Waals surface area (Å²) in [5.41, 5.74) is 11.8. The van der Waals surface area contributed by atoms with Crippen molar-refractivity contribution in [2.24, 2.45) is 22.4 Å². The molecule has 0 aliphatic carbocycles. The molecule has 2 heterocycles. The Kier molecular flexibility index (Phi) is 10.2. The summed E-state index contributed by atoms with van der Waals surface area (Å²) in [7, 11) is -0.337. The zero-order valence-electron chi connectivity index (χ0n) is 24.2. The summed E-state index contributed by atoms with van der Waals surface area (Å²) >= 11 is 1.27. The number of carbonyl (C=O) groups is 2. The number of amides is 1. The third kappa shape index (κ3) is 7.08. The van der Waals surface area contributed by atoms with Gasteiger partial charge in [-0.3, -0.25) is 14.6 Å². The summed E-state index contributed by atoms with van der Waals surface area (Å²) in [6.07, 6.45) is 4.43. The van der Waals surface area contributed by atoms with Crippen LogP contribution in [0.5, 0.6) is 0 Å². The first kappa shape index (κ1) is 31.4. The Labute approximate surface area is 251 Å². The molecule has 5 N–H and O–H groups in total. The molecular weight excluding hydrogens is 574 g/mol. The van der Waals surface area contributed by atoms with Crippen LogP contribution in [0.3, 0.4) is 0 Å². The highest BCUT2D eigenvalue weighted by Crippen LogP contribution is 2.31. The number of carbonyl (C=O) groups excluding carboxylic acids is 2. The smallest absolute Gasteiger partial charge is 0.241 e. The van der Waals surface area contributed by atoms with E-state index in [2.05, 4.69) is 14.7 Å². The van der Waals surface area contributed by atoms with Crippen molar-refractivity contribution >= 4 is 55.5 Å². The third-order valence-electron chi connectivity index (χ3n) is 7.64. The Balaban J connectivity index is 1.66. The van der Waals surface area contributed by atoms with E-state index in [9.17, 15) is 18.0 Å². The number of nitrogens with two attached hydrogens (primary N) is 2.